The number of benzene rings is 3. The molecule has 0 fully saturated rings. The highest BCUT2D eigenvalue weighted by molar-refractivity contribution is 5.83. The van der Waals surface area contributed by atoms with Crippen molar-refractivity contribution in [1.29, 1.82) is 0 Å². The van der Waals surface area contributed by atoms with Crippen molar-refractivity contribution in [3.63, 3.8) is 0 Å². The summed E-state index contributed by atoms with van der Waals surface area (Å²) in [6.45, 7) is 8.47. The van der Waals surface area contributed by atoms with Crippen molar-refractivity contribution in [2.45, 2.75) is 19.3 Å². The lowest BCUT2D eigenvalue weighted by Crippen LogP contribution is -2.14. The van der Waals surface area contributed by atoms with Crippen LogP contribution in [0.4, 0.5) is 0 Å². The van der Waals surface area contributed by atoms with Crippen molar-refractivity contribution in [2.24, 2.45) is 0 Å². The third-order valence-electron chi connectivity index (χ3n) is 5.06. The topological polar surface area (TPSA) is 0 Å². The lowest BCUT2D eigenvalue weighted by molar-refractivity contribution is 0.660. The van der Waals surface area contributed by atoms with Gasteiger partial charge in [-0.15, -0.1) is 0 Å². The van der Waals surface area contributed by atoms with Gasteiger partial charge in [0.1, 0.15) is 0 Å². The molecule has 0 radical (unpaired) electrons. The first-order chi connectivity index (χ1) is 11.1. The first kappa shape index (κ1) is 14.0. The highest BCUT2D eigenvalue weighted by atomic mass is 14.4. The molecule has 0 amide bonds. The van der Waals surface area contributed by atoms with Gasteiger partial charge >= 0.3 is 0 Å². The van der Waals surface area contributed by atoms with Gasteiger partial charge in [-0.3, -0.25) is 0 Å². The van der Waals surface area contributed by atoms with Gasteiger partial charge in [-0.2, -0.15) is 0 Å². The Morgan fingerprint density at radius 3 is 2.13 bits per heavy atom. The molecule has 0 heteroatoms. The Balaban J connectivity index is 1.86. The largest absolute Gasteiger partial charge is 0.0985 e. The van der Waals surface area contributed by atoms with Crippen molar-refractivity contribution < 1.29 is 0 Å². The summed E-state index contributed by atoms with van der Waals surface area (Å²) in [7, 11) is 0. The van der Waals surface area contributed by atoms with Gasteiger partial charge in [0.25, 0.3) is 0 Å². The van der Waals surface area contributed by atoms with Crippen LogP contribution in [0.25, 0.3) is 28.3 Å². The molecule has 3 aromatic rings. The van der Waals surface area contributed by atoms with Crippen molar-refractivity contribution in [2.75, 3.05) is 0 Å². The Labute approximate surface area is 138 Å². The number of rotatable bonds is 2. The van der Waals surface area contributed by atoms with E-state index in [9.17, 15) is 0 Å². The van der Waals surface area contributed by atoms with Crippen LogP contribution in [0.15, 0.2) is 73.3 Å². The molecule has 112 valence electrons. The summed E-state index contributed by atoms with van der Waals surface area (Å²) < 4.78 is 0. The van der Waals surface area contributed by atoms with Crippen LogP contribution in [0.1, 0.15) is 30.5 Å². The molecule has 0 bridgehead atoms. The Morgan fingerprint density at radius 1 is 0.739 bits per heavy atom. The molecule has 0 saturated carbocycles. The molecule has 4 rings (SSSR count). The molecule has 1 aliphatic carbocycles. The zero-order chi connectivity index (χ0) is 16.0. The Morgan fingerprint density at radius 2 is 1.39 bits per heavy atom. The summed E-state index contributed by atoms with van der Waals surface area (Å²) in [6.07, 6.45) is 1.88. The van der Waals surface area contributed by atoms with E-state index in [1.54, 1.807) is 0 Å². The van der Waals surface area contributed by atoms with Gasteiger partial charge in [-0.25, -0.2) is 0 Å². The minimum Gasteiger partial charge on any atom is -0.0985 e. The summed E-state index contributed by atoms with van der Waals surface area (Å²) in [4.78, 5) is 0. The molecular formula is C23H20. The summed E-state index contributed by atoms with van der Waals surface area (Å²) in [5.41, 5.74) is 9.34. The Bertz CT molecular complexity index is 896. The third kappa shape index (κ3) is 2.06. The second-order valence-corrected chi connectivity index (χ2v) is 6.76. The zero-order valence-electron chi connectivity index (χ0n) is 13.6. The average molecular weight is 296 g/mol. The Hall–Kier alpha value is -2.60. The fourth-order valence-corrected chi connectivity index (χ4v) is 3.70. The highest BCUT2D eigenvalue weighted by Crippen LogP contribution is 2.49. The molecule has 0 nitrogen and oxygen atoms in total. The van der Waals surface area contributed by atoms with E-state index in [0.29, 0.717) is 0 Å². The van der Waals surface area contributed by atoms with Gasteiger partial charge in [-0.05, 0) is 45.0 Å². The minimum absolute atomic E-state index is 0.0585. The Kier molecular flexibility index (Phi) is 3.02. The summed E-state index contributed by atoms with van der Waals surface area (Å²) in [5.74, 6) is 0. The van der Waals surface area contributed by atoms with Gasteiger partial charge in [-0.1, -0.05) is 87.2 Å². The van der Waals surface area contributed by atoms with Gasteiger partial charge in [0.05, 0.1) is 0 Å². The van der Waals surface area contributed by atoms with Crippen LogP contribution in [0.3, 0.4) is 0 Å². The van der Waals surface area contributed by atoms with Crippen LogP contribution >= 0.6 is 0 Å². The van der Waals surface area contributed by atoms with Crippen LogP contribution < -0.4 is 0 Å². The van der Waals surface area contributed by atoms with Crippen molar-refractivity contribution in [3.8, 4) is 22.3 Å². The molecule has 3 aromatic carbocycles. The fourth-order valence-electron chi connectivity index (χ4n) is 3.70. The van der Waals surface area contributed by atoms with Crippen LogP contribution in [-0.4, -0.2) is 0 Å². The lowest BCUT2D eigenvalue weighted by atomic mass is 9.81. The van der Waals surface area contributed by atoms with Crippen molar-refractivity contribution in [1.82, 2.24) is 0 Å². The third-order valence-corrected chi connectivity index (χ3v) is 5.06. The van der Waals surface area contributed by atoms with E-state index >= 15 is 0 Å². The quantitative estimate of drug-likeness (QED) is 0.520. The molecule has 0 aromatic heterocycles. The molecule has 0 unspecified atom stereocenters. The van der Waals surface area contributed by atoms with E-state index in [1.165, 1.54) is 33.4 Å². The standard InChI is InChI=1S/C23H20/c1-4-16-9-11-17(12-10-16)18-13-14-20-19-7-5-6-8-21(19)23(2,3)22(20)15-18/h4-15H,1H2,2-3H3. The van der Waals surface area contributed by atoms with E-state index in [1.807, 2.05) is 6.08 Å². The maximum atomic E-state index is 3.82. The van der Waals surface area contributed by atoms with Crippen LogP contribution in [0.2, 0.25) is 0 Å². The maximum Gasteiger partial charge on any atom is 0.0159 e. The van der Waals surface area contributed by atoms with Crippen molar-refractivity contribution >= 4 is 6.08 Å². The summed E-state index contributed by atoms with van der Waals surface area (Å²) in [5, 5.41) is 0. The van der Waals surface area contributed by atoms with Gasteiger partial charge < -0.3 is 0 Å². The molecule has 0 saturated heterocycles. The molecule has 23 heavy (non-hydrogen) atoms. The van der Waals surface area contributed by atoms with E-state index in [0.717, 1.165) is 5.56 Å². The van der Waals surface area contributed by atoms with Crippen LogP contribution in [0.5, 0.6) is 0 Å². The number of hydrogen-bond acceptors (Lipinski definition) is 0. The van der Waals surface area contributed by atoms with Gasteiger partial charge in [0.2, 0.25) is 0 Å². The average Bonchev–Trinajstić information content (AvgIpc) is 2.83. The predicted molar refractivity (Wildman–Crippen MR) is 99.5 cm³/mol. The second kappa shape index (κ2) is 4.96. The van der Waals surface area contributed by atoms with Crippen molar-refractivity contribution in [3.05, 3.63) is 90.0 Å². The first-order valence-corrected chi connectivity index (χ1v) is 8.08. The molecule has 1 aliphatic rings. The molecular weight excluding hydrogens is 276 g/mol. The van der Waals surface area contributed by atoms with E-state index in [4.69, 9.17) is 0 Å². The van der Waals surface area contributed by atoms with E-state index in [2.05, 4.69) is 87.2 Å². The van der Waals surface area contributed by atoms with Crippen LogP contribution in [-0.2, 0) is 5.41 Å². The van der Waals surface area contributed by atoms with Gasteiger partial charge in [0, 0.05) is 5.41 Å². The smallest absolute Gasteiger partial charge is 0.0159 e. The molecule has 0 heterocycles. The number of hydrogen-bond donors (Lipinski definition) is 0. The normalized spacial score (nSPS) is 14.2. The summed E-state index contributed by atoms with van der Waals surface area (Å²) >= 11 is 0. The van der Waals surface area contributed by atoms with E-state index < -0.39 is 0 Å². The summed E-state index contributed by atoms with van der Waals surface area (Å²) in [6, 6.07) is 24.2. The van der Waals surface area contributed by atoms with Gasteiger partial charge in [0.15, 0.2) is 0 Å². The zero-order valence-corrected chi connectivity index (χ0v) is 13.6. The molecule has 0 atom stereocenters. The minimum atomic E-state index is 0.0585. The maximum absolute atomic E-state index is 3.82. The SMILES string of the molecule is C=Cc1ccc(-c2ccc3c(c2)C(C)(C)c2ccccc2-3)cc1. The lowest BCUT2D eigenvalue weighted by Gasteiger charge is -2.22. The monoisotopic (exact) mass is 296 g/mol. The highest BCUT2D eigenvalue weighted by Gasteiger charge is 2.35. The molecule has 0 spiro atoms. The molecule has 0 aliphatic heterocycles. The second-order valence-electron chi connectivity index (χ2n) is 6.76. The van der Waals surface area contributed by atoms with E-state index in [-0.39, 0.29) is 5.41 Å². The first-order valence-electron chi connectivity index (χ1n) is 8.08. The number of fused-ring (bicyclic) bond motifs is 3. The van der Waals surface area contributed by atoms with Crippen LogP contribution in [0, 0.1) is 0 Å². The molecule has 0 N–H and O–H groups in total. The fraction of sp³-hybridized carbons (Fsp3) is 0.130. The predicted octanol–water partition coefficient (Wildman–Crippen LogP) is 6.30.